The van der Waals surface area contributed by atoms with Gasteiger partial charge in [-0.2, -0.15) is 0 Å². The quantitative estimate of drug-likeness (QED) is 0.601. The maximum Gasteiger partial charge on any atom is 0.261 e. The van der Waals surface area contributed by atoms with E-state index in [0.29, 0.717) is 35.6 Å². The number of imidazole rings is 1. The van der Waals surface area contributed by atoms with Crippen LogP contribution in [0.15, 0.2) is 59.6 Å². The van der Waals surface area contributed by atoms with Crippen LogP contribution in [-0.2, 0) is 16.0 Å². The predicted molar refractivity (Wildman–Crippen MR) is 122 cm³/mol. The highest BCUT2D eigenvalue weighted by Crippen LogP contribution is 2.38. The Hall–Kier alpha value is -3.98. The first-order valence-electron chi connectivity index (χ1n) is 10.0. The molecule has 5 heterocycles. The topological polar surface area (TPSA) is 88.3 Å². The summed E-state index contributed by atoms with van der Waals surface area (Å²) >= 11 is 0. The molecule has 1 N–H and O–H groups in total. The predicted octanol–water partition coefficient (Wildman–Crippen LogP) is 2.65. The zero-order chi connectivity index (χ0) is 22.0. The molecule has 1 aromatic carbocycles. The van der Waals surface area contributed by atoms with E-state index in [1.54, 1.807) is 42.2 Å². The van der Waals surface area contributed by atoms with Crippen molar-refractivity contribution in [2.45, 2.75) is 6.42 Å². The molecular weight excluding hydrogens is 449 g/mol. The van der Waals surface area contributed by atoms with Gasteiger partial charge >= 0.3 is 0 Å². The molecular formula is C23H17ClFN5O3. The van der Waals surface area contributed by atoms with Gasteiger partial charge in [-0.05, 0) is 30.2 Å². The molecule has 6 rings (SSSR count). The summed E-state index contributed by atoms with van der Waals surface area (Å²) in [4.78, 5) is 36.7. The van der Waals surface area contributed by atoms with E-state index in [1.807, 2.05) is 4.90 Å². The number of carbonyl (C=O) groups is 2. The summed E-state index contributed by atoms with van der Waals surface area (Å²) in [5.74, 6) is -0.929. The number of benzene rings is 1. The van der Waals surface area contributed by atoms with Crippen LogP contribution in [0.4, 0.5) is 10.1 Å². The molecule has 8 nitrogen and oxygen atoms in total. The third-order valence-electron chi connectivity index (χ3n) is 5.91. The second-order valence-electron chi connectivity index (χ2n) is 7.65. The maximum absolute atomic E-state index is 14.5. The summed E-state index contributed by atoms with van der Waals surface area (Å²) in [6.45, 7) is 0.692. The Morgan fingerprint density at radius 2 is 1.97 bits per heavy atom. The largest absolute Gasteiger partial charge is 0.497 e. The average Bonchev–Trinajstić information content (AvgIpc) is 3.41. The van der Waals surface area contributed by atoms with E-state index >= 15 is 0 Å². The Kier molecular flexibility index (Phi) is 4.79. The summed E-state index contributed by atoms with van der Waals surface area (Å²) in [6, 6.07) is 6.32. The number of pyridine rings is 1. The number of aromatic nitrogens is 2. The maximum atomic E-state index is 14.5. The smallest absolute Gasteiger partial charge is 0.261 e. The van der Waals surface area contributed by atoms with Crippen LogP contribution in [0.1, 0.15) is 16.8 Å². The molecule has 0 spiro atoms. The Balaban J connectivity index is 0.00000228. The summed E-state index contributed by atoms with van der Waals surface area (Å²) in [7, 11) is 1.55. The lowest BCUT2D eigenvalue weighted by molar-refractivity contribution is -0.123. The molecule has 3 aliphatic rings. The molecule has 0 saturated heterocycles. The van der Waals surface area contributed by atoms with Gasteiger partial charge in [0.25, 0.3) is 11.8 Å². The molecule has 33 heavy (non-hydrogen) atoms. The summed E-state index contributed by atoms with van der Waals surface area (Å²) in [6.07, 6.45) is 7.30. The molecule has 3 aromatic rings. The van der Waals surface area contributed by atoms with Gasteiger partial charge in [0.05, 0.1) is 41.5 Å². The lowest BCUT2D eigenvalue weighted by Gasteiger charge is -2.17. The SMILES string of the molecule is COc1ccn2c(C3=C(C4=NC=CN5CCc6cc(F)cc4c65)C(=O)NC3=O)cnc2c1.Cl. The minimum absolute atomic E-state index is 0. The van der Waals surface area contributed by atoms with Gasteiger partial charge in [-0.15, -0.1) is 12.4 Å². The highest BCUT2D eigenvalue weighted by atomic mass is 35.5. The number of carbonyl (C=O) groups excluding carboxylic acids is 2. The number of fused-ring (bicyclic) bond motifs is 1. The van der Waals surface area contributed by atoms with E-state index in [9.17, 15) is 14.0 Å². The van der Waals surface area contributed by atoms with Crippen LogP contribution in [0, 0.1) is 5.82 Å². The number of anilines is 1. The summed E-state index contributed by atoms with van der Waals surface area (Å²) < 4.78 is 21.4. The van der Waals surface area contributed by atoms with Crippen LogP contribution >= 0.6 is 12.4 Å². The second kappa shape index (κ2) is 7.56. The van der Waals surface area contributed by atoms with Crippen LogP contribution in [-0.4, -0.2) is 40.6 Å². The van der Waals surface area contributed by atoms with E-state index in [-0.39, 0.29) is 29.3 Å². The molecule has 2 amide bonds. The first-order chi connectivity index (χ1) is 15.5. The van der Waals surface area contributed by atoms with E-state index in [4.69, 9.17) is 4.74 Å². The van der Waals surface area contributed by atoms with Gasteiger partial charge in [0.2, 0.25) is 0 Å². The van der Waals surface area contributed by atoms with Crippen molar-refractivity contribution in [3.05, 3.63) is 77.3 Å². The molecule has 0 atom stereocenters. The van der Waals surface area contributed by atoms with Gasteiger partial charge in [0.1, 0.15) is 17.2 Å². The van der Waals surface area contributed by atoms with E-state index < -0.39 is 17.6 Å². The molecule has 0 unspecified atom stereocenters. The molecule has 2 aromatic heterocycles. The summed E-state index contributed by atoms with van der Waals surface area (Å²) in [5.41, 5.74) is 3.61. The van der Waals surface area contributed by atoms with Crippen LogP contribution in [0.25, 0.3) is 11.2 Å². The molecule has 0 saturated carbocycles. The van der Waals surface area contributed by atoms with Gasteiger partial charge in [-0.3, -0.25) is 24.3 Å². The molecule has 0 aliphatic carbocycles. The number of nitrogens with zero attached hydrogens (tertiary/aromatic N) is 4. The Morgan fingerprint density at radius 1 is 1.15 bits per heavy atom. The standard InChI is InChI=1S/C23H16FN5O3.ClH/c1-32-14-3-6-29-16(11-26-17(29)10-14)18-19(23(31)27-22(18)30)20-15-9-13(24)8-12-2-5-28(21(12)15)7-4-25-20;/h3-4,6-11H,2,5H2,1H3,(H,27,30,31);1H. The van der Waals surface area contributed by atoms with Crippen molar-refractivity contribution >= 4 is 46.8 Å². The van der Waals surface area contributed by atoms with E-state index in [1.165, 1.54) is 18.3 Å². The number of hydrogen-bond donors (Lipinski definition) is 1. The van der Waals surface area contributed by atoms with Crippen LogP contribution in [0.5, 0.6) is 5.75 Å². The van der Waals surface area contributed by atoms with Crippen molar-refractivity contribution in [3.63, 3.8) is 0 Å². The van der Waals surface area contributed by atoms with Crippen LogP contribution in [0.3, 0.4) is 0 Å². The number of aliphatic imine (C=N–C) groups is 1. The van der Waals surface area contributed by atoms with Crippen molar-refractivity contribution in [1.82, 2.24) is 14.7 Å². The Bertz CT molecular complexity index is 1460. The molecule has 0 bridgehead atoms. The van der Waals surface area contributed by atoms with Crippen LogP contribution < -0.4 is 15.0 Å². The number of methoxy groups -OCH3 is 1. The van der Waals surface area contributed by atoms with Gasteiger partial charge < -0.3 is 9.64 Å². The molecule has 10 heteroatoms. The number of amides is 2. The third kappa shape index (κ3) is 3.04. The lowest BCUT2D eigenvalue weighted by Crippen LogP contribution is -2.25. The first-order valence-corrected chi connectivity index (χ1v) is 10.0. The Morgan fingerprint density at radius 3 is 2.79 bits per heavy atom. The minimum Gasteiger partial charge on any atom is -0.497 e. The van der Waals surface area contributed by atoms with Gasteiger partial charge in [0.15, 0.2) is 0 Å². The number of imide groups is 1. The lowest BCUT2D eigenvalue weighted by atomic mass is 9.94. The molecule has 0 fully saturated rings. The highest BCUT2D eigenvalue weighted by molar-refractivity contribution is 6.47. The second-order valence-corrected chi connectivity index (χ2v) is 7.65. The third-order valence-corrected chi connectivity index (χ3v) is 5.91. The Labute approximate surface area is 193 Å². The number of hydrogen-bond acceptors (Lipinski definition) is 6. The van der Waals surface area contributed by atoms with Crippen molar-refractivity contribution < 1.29 is 18.7 Å². The number of halogens is 2. The van der Waals surface area contributed by atoms with Crippen LogP contribution in [0.2, 0.25) is 0 Å². The van der Waals surface area contributed by atoms with Gasteiger partial charge in [-0.25, -0.2) is 9.37 Å². The van der Waals surface area contributed by atoms with Gasteiger partial charge in [0, 0.05) is 36.8 Å². The zero-order valence-electron chi connectivity index (χ0n) is 17.3. The van der Waals surface area contributed by atoms with Crippen molar-refractivity contribution in [2.24, 2.45) is 4.99 Å². The zero-order valence-corrected chi connectivity index (χ0v) is 18.1. The summed E-state index contributed by atoms with van der Waals surface area (Å²) in [5, 5.41) is 2.37. The monoisotopic (exact) mass is 465 g/mol. The molecule has 0 radical (unpaired) electrons. The molecule has 3 aliphatic heterocycles. The highest BCUT2D eigenvalue weighted by Gasteiger charge is 2.38. The van der Waals surface area contributed by atoms with E-state index in [0.717, 1.165) is 11.3 Å². The van der Waals surface area contributed by atoms with Crippen molar-refractivity contribution in [2.75, 3.05) is 18.6 Å². The fourth-order valence-corrected chi connectivity index (χ4v) is 4.52. The van der Waals surface area contributed by atoms with E-state index in [2.05, 4.69) is 15.3 Å². The minimum atomic E-state index is -0.579. The fraction of sp³-hybridized carbons (Fsp3) is 0.130. The number of ether oxygens (including phenoxy) is 1. The normalized spacial score (nSPS) is 16.5. The number of rotatable bonds is 3. The van der Waals surface area contributed by atoms with Gasteiger partial charge in [-0.1, -0.05) is 0 Å². The molecule has 166 valence electrons. The van der Waals surface area contributed by atoms with Crippen molar-refractivity contribution in [3.8, 4) is 5.75 Å². The van der Waals surface area contributed by atoms with Crippen molar-refractivity contribution in [1.29, 1.82) is 0 Å². The number of nitrogens with one attached hydrogen (secondary N) is 1. The fourth-order valence-electron chi connectivity index (χ4n) is 4.52. The first kappa shape index (κ1) is 20.9. The average molecular weight is 466 g/mol.